The van der Waals surface area contributed by atoms with E-state index in [1.807, 2.05) is 19.4 Å². The molecule has 0 N–H and O–H groups in total. The topological polar surface area (TPSA) is 25.4 Å². The number of rotatable bonds is 3. The molecule has 2 saturated carbocycles. The minimum atomic E-state index is -0.167. The van der Waals surface area contributed by atoms with Gasteiger partial charge in [-0.2, -0.15) is 0 Å². The van der Waals surface area contributed by atoms with Crippen LogP contribution in [-0.4, -0.2) is 36.1 Å². The quantitative estimate of drug-likeness (QED) is 0.773. The van der Waals surface area contributed by atoms with E-state index in [0.717, 1.165) is 6.04 Å². The number of methoxy groups -OCH3 is 1. The Hall–Kier alpha value is -0.640. The fraction of sp³-hybridized carbons (Fsp3) is 0.737. The molecule has 0 unspecified atom stereocenters. The van der Waals surface area contributed by atoms with E-state index in [-0.39, 0.29) is 5.60 Å². The first-order valence-electron chi connectivity index (χ1n) is 9.15. The lowest BCUT2D eigenvalue weighted by Crippen LogP contribution is -2.60. The fourth-order valence-corrected chi connectivity index (χ4v) is 5.78. The second-order valence-corrected chi connectivity index (χ2v) is 7.97. The van der Waals surface area contributed by atoms with Gasteiger partial charge in [-0.1, -0.05) is 30.9 Å². The Morgan fingerprint density at radius 1 is 1.13 bits per heavy atom. The van der Waals surface area contributed by atoms with Crippen molar-refractivity contribution in [3.8, 4) is 0 Å². The van der Waals surface area contributed by atoms with Crippen molar-refractivity contribution in [1.82, 2.24) is 9.88 Å². The van der Waals surface area contributed by atoms with E-state index in [2.05, 4.69) is 16.0 Å². The van der Waals surface area contributed by atoms with Crippen molar-refractivity contribution in [3.05, 3.63) is 29.0 Å². The lowest BCUT2D eigenvalue weighted by molar-refractivity contribution is -0.174. The Balaban J connectivity index is 1.67. The molecule has 3 fully saturated rings. The SMILES string of the molecule is CO[C@]1(c2ccnc(Cl)c2)[C@@H]2CCC[C@H]1CN(C1CCCC1)C2. The van der Waals surface area contributed by atoms with E-state index < -0.39 is 0 Å². The lowest BCUT2D eigenvalue weighted by atomic mass is 9.62. The second kappa shape index (κ2) is 6.34. The van der Waals surface area contributed by atoms with Crippen LogP contribution in [0.4, 0.5) is 0 Å². The lowest BCUT2D eigenvalue weighted by Gasteiger charge is -2.56. The van der Waals surface area contributed by atoms with Crippen molar-refractivity contribution in [2.24, 2.45) is 11.8 Å². The number of piperidine rings is 1. The molecule has 23 heavy (non-hydrogen) atoms. The van der Waals surface area contributed by atoms with Crippen molar-refractivity contribution >= 4 is 11.6 Å². The molecule has 4 rings (SSSR count). The first-order valence-corrected chi connectivity index (χ1v) is 9.53. The maximum atomic E-state index is 6.28. The van der Waals surface area contributed by atoms with Crippen molar-refractivity contribution < 1.29 is 4.74 Å². The summed E-state index contributed by atoms with van der Waals surface area (Å²) in [6.07, 6.45) is 11.3. The van der Waals surface area contributed by atoms with Gasteiger partial charge in [0.05, 0.1) is 0 Å². The van der Waals surface area contributed by atoms with Gasteiger partial charge >= 0.3 is 0 Å². The van der Waals surface area contributed by atoms with E-state index in [4.69, 9.17) is 16.3 Å². The smallest absolute Gasteiger partial charge is 0.129 e. The molecule has 3 aliphatic rings. The van der Waals surface area contributed by atoms with Crippen LogP contribution >= 0.6 is 11.6 Å². The maximum Gasteiger partial charge on any atom is 0.129 e. The van der Waals surface area contributed by atoms with Gasteiger partial charge in [-0.05, 0) is 43.4 Å². The van der Waals surface area contributed by atoms with Gasteiger partial charge in [0, 0.05) is 44.3 Å². The summed E-state index contributed by atoms with van der Waals surface area (Å²) in [6, 6.07) is 4.96. The molecule has 2 bridgehead atoms. The first-order chi connectivity index (χ1) is 11.2. The second-order valence-electron chi connectivity index (χ2n) is 7.58. The number of nitrogens with zero attached hydrogens (tertiary/aromatic N) is 2. The highest BCUT2D eigenvalue weighted by Gasteiger charge is 2.54. The highest BCUT2D eigenvalue weighted by molar-refractivity contribution is 6.29. The summed E-state index contributed by atoms with van der Waals surface area (Å²) in [5, 5.41) is 0.579. The molecule has 3 atom stereocenters. The molecular weight excluding hydrogens is 308 g/mol. The van der Waals surface area contributed by atoms with Gasteiger partial charge in [0.15, 0.2) is 0 Å². The number of likely N-dealkylation sites (tertiary alicyclic amines) is 1. The van der Waals surface area contributed by atoms with Crippen molar-refractivity contribution in [1.29, 1.82) is 0 Å². The number of hydrogen-bond donors (Lipinski definition) is 0. The van der Waals surface area contributed by atoms with Crippen LogP contribution in [0.15, 0.2) is 18.3 Å². The summed E-state index contributed by atoms with van der Waals surface area (Å²) < 4.78 is 6.28. The zero-order valence-corrected chi connectivity index (χ0v) is 14.8. The minimum Gasteiger partial charge on any atom is -0.373 e. The summed E-state index contributed by atoms with van der Waals surface area (Å²) in [5.74, 6) is 1.14. The number of aromatic nitrogens is 1. The van der Waals surface area contributed by atoms with Gasteiger partial charge in [0.1, 0.15) is 10.8 Å². The average Bonchev–Trinajstić information content (AvgIpc) is 3.07. The Morgan fingerprint density at radius 2 is 1.83 bits per heavy atom. The molecular formula is C19H27ClN2O. The first kappa shape index (κ1) is 15.9. The molecule has 0 aromatic carbocycles. The summed E-state index contributed by atoms with van der Waals surface area (Å²) in [4.78, 5) is 6.95. The maximum absolute atomic E-state index is 6.28. The summed E-state index contributed by atoms with van der Waals surface area (Å²) in [6.45, 7) is 2.35. The molecule has 2 aliphatic carbocycles. The number of pyridine rings is 1. The van der Waals surface area contributed by atoms with E-state index in [9.17, 15) is 0 Å². The van der Waals surface area contributed by atoms with Crippen LogP contribution in [0.3, 0.4) is 0 Å². The molecule has 1 aromatic rings. The van der Waals surface area contributed by atoms with Crippen LogP contribution in [0.25, 0.3) is 0 Å². The number of ether oxygens (including phenoxy) is 1. The number of fused-ring (bicyclic) bond motifs is 2. The van der Waals surface area contributed by atoms with Crippen molar-refractivity contribution in [2.45, 2.75) is 56.6 Å². The van der Waals surface area contributed by atoms with Gasteiger partial charge in [-0.3, -0.25) is 4.90 Å². The third-order valence-corrected chi connectivity index (χ3v) is 6.79. The largest absolute Gasteiger partial charge is 0.373 e. The van der Waals surface area contributed by atoms with Crippen LogP contribution in [0.1, 0.15) is 50.5 Å². The average molecular weight is 335 g/mol. The van der Waals surface area contributed by atoms with Gasteiger partial charge in [0.25, 0.3) is 0 Å². The molecule has 4 heteroatoms. The van der Waals surface area contributed by atoms with E-state index in [1.54, 1.807) is 0 Å². The van der Waals surface area contributed by atoms with Gasteiger partial charge < -0.3 is 4.74 Å². The van der Waals surface area contributed by atoms with E-state index >= 15 is 0 Å². The van der Waals surface area contributed by atoms with Gasteiger partial charge in [-0.25, -0.2) is 4.98 Å². The summed E-state index contributed by atoms with van der Waals surface area (Å²) in [7, 11) is 1.89. The third kappa shape index (κ3) is 2.61. The van der Waals surface area contributed by atoms with Gasteiger partial charge in [-0.15, -0.1) is 0 Å². The predicted molar refractivity (Wildman–Crippen MR) is 92.6 cm³/mol. The molecule has 1 aliphatic heterocycles. The van der Waals surface area contributed by atoms with Crippen molar-refractivity contribution in [3.63, 3.8) is 0 Å². The predicted octanol–water partition coefficient (Wildman–Crippen LogP) is 4.25. The highest BCUT2D eigenvalue weighted by atomic mass is 35.5. The molecule has 126 valence electrons. The molecule has 1 saturated heterocycles. The molecule has 0 radical (unpaired) electrons. The Kier molecular flexibility index (Phi) is 4.38. The standard InChI is InChI=1S/C19H27ClN2O/c1-23-19(14-9-10-21-18(20)11-14)15-5-4-6-16(19)13-22(12-15)17-7-2-3-8-17/h9-11,15-17H,2-8,12-13H2,1H3/t15-,16+,19-. The molecule has 3 nitrogen and oxygen atoms in total. The van der Waals surface area contributed by atoms with Crippen LogP contribution in [0.2, 0.25) is 5.15 Å². The van der Waals surface area contributed by atoms with Crippen LogP contribution in [0, 0.1) is 11.8 Å². The van der Waals surface area contributed by atoms with Crippen LogP contribution in [0.5, 0.6) is 0 Å². The normalized spacial score (nSPS) is 35.6. The summed E-state index contributed by atoms with van der Waals surface area (Å²) in [5.41, 5.74) is 1.07. The highest BCUT2D eigenvalue weighted by Crippen LogP contribution is 2.52. The van der Waals surface area contributed by atoms with Crippen LogP contribution < -0.4 is 0 Å². The van der Waals surface area contributed by atoms with E-state index in [0.29, 0.717) is 17.0 Å². The van der Waals surface area contributed by atoms with Crippen molar-refractivity contribution in [2.75, 3.05) is 20.2 Å². The zero-order chi connectivity index (χ0) is 15.9. The number of halogens is 1. The molecule has 0 amide bonds. The van der Waals surface area contributed by atoms with E-state index in [1.165, 1.54) is 63.6 Å². The minimum absolute atomic E-state index is 0.167. The summed E-state index contributed by atoms with van der Waals surface area (Å²) >= 11 is 6.19. The Morgan fingerprint density at radius 3 is 2.43 bits per heavy atom. The van der Waals surface area contributed by atoms with Gasteiger partial charge in [0.2, 0.25) is 0 Å². The van der Waals surface area contributed by atoms with Crippen LogP contribution in [-0.2, 0) is 10.3 Å². The monoisotopic (exact) mass is 334 g/mol. The fourth-order valence-electron chi connectivity index (χ4n) is 5.60. The molecule has 1 aromatic heterocycles. The molecule has 2 heterocycles. The Bertz CT molecular complexity index is 544. The third-order valence-electron chi connectivity index (χ3n) is 6.58. The zero-order valence-electron chi connectivity index (χ0n) is 14.0. The Labute approximate surface area is 144 Å². The molecule has 0 spiro atoms. The number of hydrogen-bond acceptors (Lipinski definition) is 3.